The van der Waals surface area contributed by atoms with Crippen LogP contribution in [0.15, 0.2) is 29.3 Å². The first-order valence-electron chi connectivity index (χ1n) is 10.8. The molecule has 7 heteroatoms. The summed E-state index contributed by atoms with van der Waals surface area (Å²) in [4.78, 5) is 4.87. The van der Waals surface area contributed by atoms with E-state index in [4.69, 9.17) is 9.73 Å². The topological polar surface area (TPSA) is 76.4 Å². The molecular formula is C22H32N6O. The van der Waals surface area contributed by atoms with Crippen molar-refractivity contribution in [2.45, 2.75) is 64.6 Å². The Kier molecular flexibility index (Phi) is 6.32. The molecule has 29 heavy (non-hydrogen) atoms. The molecular weight excluding hydrogens is 364 g/mol. The van der Waals surface area contributed by atoms with Crippen LogP contribution >= 0.6 is 0 Å². The SMILES string of the molecule is Cc1nnc(CNC(=NCc2ccccc2OCC2CC2)NC2CCCC2)n1C. The van der Waals surface area contributed by atoms with E-state index in [9.17, 15) is 0 Å². The summed E-state index contributed by atoms with van der Waals surface area (Å²) in [6.45, 7) is 3.95. The predicted molar refractivity (Wildman–Crippen MR) is 114 cm³/mol. The third-order valence-electron chi connectivity index (χ3n) is 5.84. The van der Waals surface area contributed by atoms with E-state index in [0.29, 0.717) is 19.1 Å². The minimum Gasteiger partial charge on any atom is -0.493 e. The highest BCUT2D eigenvalue weighted by Gasteiger charge is 2.22. The van der Waals surface area contributed by atoms with Gasteiger partial charge in [0.2, 0.25) is 0 Å². The van der Waals surface area contributed by atoms with Crippen molar-refractivity contribution >= 4 is 5.96 Å². The van der Waals surface area contributed by atoms with E-state index in [1.807, 2.05) is 30.7 Å². The zero-order valence-electron chi connectivity index (χ0n) is 17.5. The van der Waals surface area contributed by atoms with Crippen molar-refractivity contribution in [3.63, 3.8) is 0 Å². The summed E-state index contributed by atoms with van der Waals surface area (Å²) in [5, 5.41) is 15.4. The molecule has 4 rings (SSSR count). The zero-order chi connectivity index (χ0) is 20.1. The van der Waals surface area contributed by atoms with Gasteiger partial charge in [-0.05, 0) is 44.6 Å². The van der Waals surface area contributed by atoms with Gasteiger partial charge in [0.05, 0.1) is 19.7 Å². The van der Waals surface area contributed by atoms with Gasteiger partial charge in [-0.15, -0.1) is 10.2 Å². The second kappa shape index (κ2) is 9.29. The minimum absolute atomic E-state index is 0.490. The Balaban J connectivity index is 1.43. The molecule has 0 aliphatic heterocycles. The second-order valence-corrected chi connectivity index (χ2v) is 8.23. The molecule has 2 N–H and O–H groups in total. The lowest BCUT2D eigenvalue weighted by molar-refractivity contribution is 0.297. The Bertz CT molecular complexity index is 836. The quantitative estimate of drug-likeness (QED) is 0.530. The van der Waals surface area contributed by atoms with Gasteiger partial charge in [0.25, 0.3) is 0 Å². The highest BCUT2D eigenvalue weighted by Crippen LogP contribution is 2.30. The summed E-state index contributed by atoms with van der Waals surface area (Å²) in [5.41, 5.74) is 1.12. The molecule has 2 aromatic rings. The Labute approximate surface area is 173 Å². The number of hydrogen-bond donors (Lipinski definition) is 2. The molecule has 7 nitrogen and oxygen atoms in total. The average Bonchev–Trinajstić information content (AvgIpc) is 3.33. The fraction of sp³-hybridized carbons (Fsp3) is 0.591. The van der Waals surface area contributed by atoms with Gasteiger partial charge in [0.15, 0.2) is 11.8 Å². The van der Waals surface area contributed by atoms with E-state index in [-0.39, 0.29) is 0 Å². The van der Waals surface area contributed by atoms with E-state index in [1.54, 1.807) is 0 Å². The van der Waals surface area contributed by atoms with Gasteiger partial charge in [-0.2, -0.15) is 0 Å². The number of ether oxygens (including phenoxy) is 1. The van der Waals surface area contributed by atoms with Crippen molar-refractivity contribution in [3.05, 3.63) is 41.5 Å². The van der Waals surface area contributed by atoms with Crippen LogP contribution in [0.5, 0.6) is 5.75 Å². The van der Waals surface area contributed by atoms with Crippen LogP contribution < -0.4 is 15.4 Å². The normalized spacial score (nSPS) is 17.5. The fourth-order valence-corrected chi connectivity index (χ4v) is 3.62. The standard InChI is InChI=1S/C22H32N6O/c1-16-26-27-21(28(16)2)14-24-22(25-19-8-4-5-9-19)23-13-18-7-3-6-10-20(18)29-15-17-11-12-17/h3,6-7,10,17,19H,4-5,8-9,11-15H2,1-2H3,(H2,23,24,25). The highest BCUT2D eigenvalue weighted by molar-refractivity contribution is 5.80. The Morgan fingerprint density at radius 3 is 2.69 bits per heavy atom. The number of aryl methyl sites for hydroxylation is 1. The van der Waals surface area contributed by atoms with Crippen LogP contribution in [0, 0.1) is 12.8 Å². The van der Waals surface area contributed by atoms with Crippen molar-refractivity contribution in [3.8, 4) is 5.75 Å². The van der Waals surface area contributed by atoms with Crippen LogP contribution in [-0.4, -0.2) is 33.4 Å². The molecule has 1 aromatic heterocycles. The maximum Gasteiger partial charge on any atom is 0.192 e. The summed E-state index contributed by atoms with van der Waals surface area (Å²) >= 11 is 0. The molecule has 1 heterocycles. The Morgan fingerprint density at radius 1 is 1.17 bits per heavy atom. The molecule has 0 spiro atoms. The molecule has 0 atom stereocenters. The molecule has 0 bridgehead atoms. The number of nitrogens with one attached hydrogen (secondary N) is 2. The largest absolute Gasteiger partial charge is 0.493 e. The van der Waals surface area contributed by atoms with E-state index in [0.717, 1.165) is 41.4 Å². The van der Waals surface area contributed by atoms with Gasteiger partial charge in [0, 0.05) is 18.7 Å². The van der Waals surface area contributed by atoms with Crippen LogP contribution in [0.4, 0.5) is 0 Å². The molecule has 1 aromatic carbocycles. The monoisotopic (exact) mass is 396 g/mol. The number of hydrogen-bond acceptors (Lipinski definition) is 4. The van der Waals surface area contributed by atoms with Crippen LogP contribution in [0.25, 0.3) is 0 Å². The van der Waals surface area contributed by atoms with Gasteiger partial charge in [0.1, 0.15) is 11.6 Å². The third kappa shape index (κ3) is 5.49. The maximum absolute atomic E-state index is 6.04. The molecule has 2 aliphatic rings. The first kappa shape index (κ1) is 19.7. The molecule has 2 aliphatic carbocycles. The predicted octanol–water partition coefficient (Wildman–Crippen LogP) is 3.09. The summed E-state index contributed by atoms with van der Waals surface area (Å²) in [5.74, 6) is 4.33. The molecule has 2 saturated carbocycles. The molecule has 0 radical (unpaired) electrons. The highest BCUT2D eigenvalue weighted by atomic mass is 16.5. The molecule has 0 amide bonds. The fourth-order valence-electron chi connectivity index (χ4n) is 3.62. The Hall–Kier alpha value is -2.57. The van der Waals surface area contributed by atoms with Crippen molar-refractivity contribution < 1.29 is 4.74 Å². The maximum atomic E-state index is 6.04. The Morgan fingerprint density at radius 2 is 1.97 bits per heavy atom. The van der Waals surface area contributed by atoms with E-state index in [1.165, 1.54) is 38.5 Å². The van der Waals surface area contributed by atoms with Crippen molar-refractivity contribution in [1.29, 1.82) is 0 Å². The number of aliphatic imine (C=N–C) groups is 1. The first-order valence-corrected chi connectivity index (χ1v) is 10.8. The van der Waals surface area contributed by atoms with Crippen LogP contribution in [0.1, 0.15) is 55.7 Å². The molecule has 0 saturated heterocycles. The van der Waals surface area contributed by atoms with Gasteiger partial charge in [-0.1, -0.05) is 31.0 Å². The average molecular weight is 397 g/mol. The van der Waals surface area contributed by atoms with Crippen molar-refractivity contribution in [2.24, 2.45) is 18.0 Å². The lowest BCUT2D eigenvalue weighted by atomic mass is 10.2. The molecule has 156 valence electrons. The summed E-state index contributed by atoms with van der Waals surface area (Å²) in [6, 6.07) is 8.72. The number of rotatable bonds is 8. The number of guanidine groups is 1. The number of nitrogens with zero attached hydrogens (tertiary/aromatic N) is 4. The number of benzene rings is 1. The molecule has 2 fully saturated rings. The van der Waals surface area contributed by atoms with Crippen molar-refractivity contribution in [2.75, 3.05) is 6.61 Å². The summed E-state index contributed by atoms with van der Waals surface area (Å²) < 4.78 is 8.04. The van der Waals surface area contributed by atoms with Crippen LogP contribution in [0.2, 0.25) is 0 Å². The second-order valence-electron chi connectivity index (χ2n) is 8.23. The third-order valence-corrected chi connectivity index (χ3v) is 5.84. The molecule has 0 unspecified atom stereocenters. The van der Waals surface area contributed by atoms with Crippen LogP contribution in [-0.2, 0) is 20.1 Å². The summed E-state index contributed by atoms with van der Waals surface area (Å²) in [7, 11) is 1.99. The van der Waals surface area contributed by atoms with E-state index in [2.05, 4.69) is 33.0 Å². The van der Waals surface area contributed by atoms with Crippen LogP contribution in [0.3, 0.4) is 0 Å². The zero-order valence-corrected chi connectivity index (χ0v) is 17.5. The minimum atomic E-state index is 0.490. The van der Waals surface area contributed by atoms with Gasteiger partial charge < -0.3 is 19.9 Å². The first-order chi connectivity index (χ1) is 14.2. The van der Waals surface area contributed by atoms with Gasteiger partial charge >= 0.3 is 0 Å². The van der Waals surface area contributed by atoms with E-state index >= 15 is 0 Å². The van der Waals surface area contributed by atoms with Gasteiger partial charge in [-0.3, -0.25) is 0 Å². The number of para-hydroxylation sites is 1. The number of aromatic nitrogens is 3. The lowest BCUT2D eigenvalue weighted by Crippen LogP contribution is -2.42. The smallest absolute Gasteiger partial charge is 0.192 e. The van der Waals surface area contributed by atoms with Crippen molar-refractivity contribution in [1.82, 2.24) is 25.4 Å². The lowest BCUT2D eigenvalue weighted by Gasteiger charge is -2.18. The van der Waals surface area contributed by atoms with Gasteiger partial charge in [-0.25, -0.2) is 4.99 Å². The summed E-state index contributed by atoms with van der Waals surface area (Å²) in [6.07, 6.45) is 7.55. The van der Waals surface area contributed by atoms with E-state index < -0.39 is 0 Å².